The van der Waals surface area contributed by atoms with Crippen LogP contribution >= 0.6 is 0 Å². The maximum atomic E-state index is 11.0. The van der Waals surface area contributed by atoms with E-state index < -0.39 is 5.97 Å². The van der Waals surface area contributed by atoms with Gasteiger partial charge in [-0.05, 0) is 81.5 Å². The molecule has 0 unspecified atom stereocenters. The van der Waals surface area contributed by atoms with Crippen LogP contribution in [0, 0.1) is 11.8 Å². The molecular formula is C23H32O6. The van der Waals surface area contributed by atoms with E-state index in [0.29, 0.717) is 25.7 Å². The van der Waals surface area contributed by atoms with Crippen LogP contribution in [0.4, 0.5) is 0 Å². The second-order valence-corrected chi connectivity index (χ2v) is 7.47. The lowest BCUT2D eigenvalue weighted by Gasteiger charge is -2.25. The first-order chi connectivity index (χ1) is 14.1. The summed E-state index contributed by atoms with van der Waals surface area (Å²) < 4.78 is 16.5. The molecule has 1 saturated carbocycles. The van der Waals surface area contributed by atoms with Gasteiger partial charge in [0.25, 0.3) is 0 Å². The summed E-state index contributed by atoms with van der Waals surface area (Å²) in [6.45, 7) is 5.08. The standard InChI is InChI=1S/C23H32O6/c1-2-22(24)28-16-6-4-3-5-15-27-20-11-13-21(14-12-20)29-17-18-7-9-19(10-8-18)23(25)26/h2,11-14,18-19H,1,3-10,15-17H2,(H,25,26). The predicted molar refractivity (Wildman–Crippen MR) is 110 cm³/mol. The third-order valence-electron chi connectivity index (χ3n) is 5.22. The van der Waals surface area contributed by atoms with Gasteiger partial charge in [-0.3, -0.25) is 4.79 Å². The Morgan fingerprint density at radius 3 is 2.10 bits per heavy atom. The highest BCUT2D eigenvalue weighted by molar-refractivity contribution is 5.81. The summed E-state index contributed by atoms with van der Waals surface area (Å²) in [7, 11) is 0. The number of esters is 1. The van der Waals surface area contributed by atoms with Crippen molar-refractivity contribution in [2.24, 2.45) is 11.8 Å². The molecule has 1 aromatic rings. The van der Waals surface area contributed by atoms with Gasteiger partial charge in [-0.25, -0.2) is 4.79 Å². The maximum absolute atomic E-state index is 11.0. The smallest absolute Gasteiger partial charge is 0.330 e. The molecule has 0 radical (unpaired) electrons. The predicted octanol–water partition coefficient (Wildman–Crippen LogP) is 4.62. The van der Waals surface area contributed by atoms with Gasteiger partial charge in [0.15, 0.2) is 0 Å². The molecule has 0 saturated heterocycles. The zero-order valence-electron chi connectivity index (χ0n) is 17.0. The Labute approximate surface area is 172 Å². The first kappa shape index (κ1) is 22.8. The molecule has 0 aliphatic heterocycles. The Kier molecular flexibility index (Phi) is 10.1. The van der Waals surface area contributed by atoms with E-state index in [1.165, 1.54) is 6.08 Å². The summed E-state index contributed by atoms with van der Waals surface area (Å²) in [5.41, 5.74) is 0. The summed E-state index contributed by atoms with van der Waals surface area (Å²) in [4.78, 5) is 21.9. The Morgan fingerprint density at radius 1 is 0.931 bits per heavy atom. The average molecular weight is 405 g/mol. The molecule has 29 heavy (non-hydrogen) atoms. The van der Waals surface area contributed by atoms with Gasteiger partial charge in [-0.2, -0.15) is 0 Å². The van der Waals surface area contributed by atoms with E-state index >= 15 is 0 Å². The van der Waals surface area contributed by atoms with Crippen LogP contribution in [0.1, 0.15) is 51.4 Å². The number of hydrogen-bond acceptors (Lipinski definition) is 5. The zero-order valence-corrected chi connectivity index (χ0v) is 17.0. The molecule has 0 spiro atoms. The number of ether oxygens (including phenoxy) is 3. The molecule has 160 valence electrons. The fraction of sp³-hybridized carbons (Fsp3) is 0.565. The highest BCUT2D eigenvalue weighted by Gasteiger charge is 2.26. The second kappa shape index (κ2) is 12.9. The van der Waals surface area contributed by atoms with Gasteiger partial charge < -0.3 is 19.3 Å². The van der Waals surface area contributed by atoms with Crippen molar-refractivity contribution in [1.29, 1.82) is 0 Å². The molecule has 0 bridgehead atoms. The van der Waals surface area contributed by atoms with E-state index in [9.17, 15) is 9.59 Å². The Bertz CT molecular complexity index is 631. The van der Waals surface area contributed by atoms with E-state index in [4.69, 9.17) is 19.3 Å². The van der Waals surface area contributed by atoms with Crippen molar-refractivity contribution >= 4 is 11.9 Å². The number of unbranched alkanes of at least 4 members (excludes halogenated alkanes) is 3. The number of aliphatic carboxylic acids is 1. The number of benzene rings is 1. The van der Waals surface area contributed by atoms with Crippen molar-refractivity contribution in [3.05, 3.63) is 36.9 Å². The first-order valence-corrected chi connectivity index (χ1v) is 10.5. The fourth-order valence-corrected chi connectivity index (χ4v) is 3.40. The minimum Gasteiger partial charge on any atom is -0.494 e. The van der Waals surface area contributed by atoms with Crippen LogP contribution in [0.15, 0.2) is 36.9 Å². The van der Waals surface area contributed by atoms with Gasteiger partial charge in [0, 0.05) is 6.08 Å². The largest absolute Gasteiger partial charge is 0.494 e. The Morgan fingerprint density at radius 2 is 1.52 bits per heavy atom. The van der Waals surface area contributed by atoms with Crippen LogP contribution in [0.5, 0.6) is 11.5 Å². The molecule has 1 N–H and O–H groups in total. The third-order valence-corrected chi connectivity index (χ3v) is 5.22. The van der Waals surface area contributed by atoms with Crippen LogP contribution in [-0.2, 0) is 14.3 Å². The summed E-state index contributed by atoms with van der Waals surface area (Å²) in [5.74, 6) is 0.839. The number of carboxylic acid groups (broad SMARTS) is 1. The van der Waals surface area contributed by atoms with Crippen LogP contribution in [0.3, 0.4) is 0 Å². The number of carbonyl (C=O) groups is 2. The molecule has 6 heteroatoms. The van der Waals surface area contributed by atoms with Gasteiger partial charge in [0.05, 0.1) is 25.7 Å². The fourth-order valence-electron chi connectivity index (χ4n) is 3.40. The number of hydrogen-bond donors (Lipinski definition) is 1. The molecule has 1 fully saturated rings. The zero-order chi connectivity index (χ0) is 20.9. The normalized spacial score (nSPS) is 18.6. The molecule has 0 amide bonds. The number of rotatable bonds is 13. The van der Waals surface area contributed by atoms with Crippen molar-refractivity contribution in [3.63, 3.8) is 0 Å². The topological polar surface area (TPSA) is 82.1 Å². The highest BCUT2D eigenvalue weighted by Crippen LogP contribution is 2.29. The lowest BCUT2D eigenvalue weighted by molar-refractivity contribution is -0.143. The minimum atomic E-state index is -0.672. The molecule has 0 heterocycles. The summed E-state index contributed by atoms with van der Waals surface area (Å²) in [6, 6.07) is 7.63. The van der Waals surface area contributed by atoms with E-state index in [1.807, 2.05) is 24.3 Å². The van der Waals surface area contributed by atoms with E-state index in [0.717, 1.165) is 62.9 Å². The molecule has 0 aromatic heterocycles. The van der Waals surface area contributed by atoms with Crippen molar-refractivity contribution in [3.8, 4) is 11.5 Å². The van der Waals surface area contributed by atoms with Gasteiger partial charge in [0.2, 0.25) is 0 Å². The molecular weight excluding hydrogens is 372 g/mol. The SMILES string of the molecule is C=CC(=O)OCCCCCCOc1ccc(OCC2CCC(C(=O)O)CC2)cc1. The number of carboxylic acids is 1. The summed E-state index contributed by atoms with van der Waals surface area (Å²) >= 11 is 0. The van der Waals surface area contributed by atoms with Gasteiger partial charge in [0.1, 0.15) is 11.5 Å². The van der Waals surface area contributed by atoms with Gasteiger partial charge >= 0.3 is 11.9 Å². The maximum Gasteiger partial charge on any atom is 0.330 e. The lowest BCUT2D eigenvalue weighted by Crippen LogP contribution is -2.24. The van der Waals surface area contributed by atoms with Crippen LogP contribution in [0.25, 0.3) is 0 Å². The van der Waals surface area contributed by atoms with Crippen molar-refractivity contribution in [2.75, 3.05) is 19.8 Å². The third kappa shape index (κ3) is 9.03. The van der Waals surface area contributed by atoms with Gasteiger partial charge in [-0.1, -0.05) is 6.58 Å². The molecule has 0 atom stereocenters. The van der Waals surface area contributed by atoms with E-state index in [1.54, 1.807) is 0 Å². The minimum absolute atomic E-state index is 0.183. The summed E-state index contributed by atoms with van der Waals surface area (Å²) in [6.07, 6.45) is 8.31. The molecule has 1 aliphatic carbocycles. The highest BCUT2D eigenvalue weighted by atomic mass is 16.5. The lowest BCUT2D eigenvalue weighted by atomic mass is 9.82. The van der Waals surface area contributed by atoms with Crippen LogP contribution in [0.2, 0.25) is 0 Å². The van der Waals surface area contributed by atoms with E-state index in [-0.39, 0.29) is 11.9 Å². The van der Waals surface area contributed by atoms with Gasteiger partial charge in [-0.15, -0.1) is 0 Å². The molecule has 6 nitrogen and oxygen atoms in total. The Balaban J connectivity index is 1.53. The first-order valence-electron chi connectivity index (χ1n) is 10.5. The quantitative estimate of drug-likeness (QED) is 0.293. The van der Waals surface area contributed by atoms with Crippen LogP contribution < -0.4 is 9.47 Å². The average Bonchev–Trinajstić information content (AvgIpc) is 2.75. The summed E-state index contributed by atoms with van der Waals surface area (Å²) in [5, 5.41) is 9.05. The van der Waals surface area contributed by atoms with E-state index in [2.05, 4.69) is 6.58 Å². The van der Waals surface area contributed by atoms with Crippen LogP contribution in [-0.4, -0.2) is 36.9 Å². The van der Waals surface area contributed by atoms with Crippen molar-refractivity contribution < 1.29 is 28.9 Å². The number of carbonyl (C=O) groups excluding carboxylic acids is 1. The Hall–Kier alpha value is -2.50. The second-order valence-electron chi connectivity index (χ2n) is 7.47. The monoisotopic (exact) mass is 404 g/mol. The molecule has 1 aromatic carbocycles. The van der Waals surface area contributed by atoms with Crippen molar-refractivity contribution in [2.45, 2.75) is 51.4 Å². The molecule has 1 aliphatic rings. The molecule has 2 rings (SSSR count). The van der Waals surface area contributed by atoms with Crippen molar-refractivity contribution in [1.82, 2.24) is 0 Å².